The first-order chi connectivity index (χ1) is 18.2. The molecule has 3 rings (SSSR count). The fourth-order valence-electron chi connectivity index (χ4n) is 4.76. The molecule has 39 heavy (non-hydrogen) atoms. The molecule has 3 amide bonds. The number of rotatable bonds is 9. The van der Waals surface area contributed by atoms with Gasteiger partial charge in [0.15, 0.2) is 0 Å². The number of allylic oxidation sites excluding steroid dienone is 1. The van der Waals surface area contributed by atoms with E-state index >= 15 is 0 Å². The van der Waals surface area contributed by atoms with Crippen LogP contribution in [0.15, 0.2) is 42.1 Å². The lowest BCUT2D eigenvalue weighted by molar-refractivity contribution is -0.167. The van der Waals surface area contributed by atoms with Gasteiger partial charge in [-0.2, -0.15) is 0 Å². The molecule has 1 aromatic carbocycles. The molecule has 2 fully saturated rings. The SMILES string of the molecule is CC(=CC(=O)N(C)C)N(C(=O)C(N)c1ccccc1)[C@@H]1C(=O)N2[C@@H]1SC(C)(C)[C@@H]2C(=O)O.CCN(CC)CC. The van der Waals surface area contributed by atoms with Gasteiger partial charge in [-0.1, -0.05) is 51.1 Å². The summed E-state index contributed by atoms with van der Waals surface area (Å²) < 4.78 is -0.742. The van der Waals surface area contributed by atoms with Crippen molar-refractivity contribution in [2.75, 3.05) is 33.7 Å². The molecule has 216 valence electrons. The Morgan fingerprint density at radius 2 is 1.64 bits per heavy atom. The Labute approximate surface area is 236 Å². The van der Waals surface area contributed by atoms with Crippen LogP contribution in [-0.4, -0.2) is 104 Å². The lowest BCUT2D eigenvalue weighted by atomic mass is 9.94. The zero-order valence-corrected chi connectivity index (χ0v) is 25.1. The first-order valence-electron chi connectivity index (χ1n) is 13.2. The van der Waals surface area contributed by atoms with Crippen LogP contribution in [0.3, 0.4) is 0 Å². The maximum absolute atomic E-state index is 13.5. The fraction of sp³-hybridized carbons (Fsp3) is 0.571. The number of likely N-dealkylation sites (N-methyl/N-ethyl adjacent to an activating group) is 1. The minimum atomic E-state index is -1.09. The minimum absolute atomic E-state index is 0.273. The maximum atomic E-state index is 13.5. The van der Waals surface area contributed by atoms with E-state index in [1.807, 2.05) is 0 Å². The molecule has 1 aromatic rings. The number of amides is 3. The van der Waals surface area contributed by atoms with Gasteiger partial charge in [0.2, 0.25) is 11.8 Å². The molecule has 0 spiro atoms. The van der Waals surface area contributed by atoms with E-state index in [0.29, 0.717) is 5.56 Å². The molecule has 2 aliphatic heterocycles. The summed E-state index contributed by atoms with van der Waals surface area (Å²) in [6, 6.07) is 5.75. The Morgan fingerprint density at radius 3 is 2.08 bits per heavy atom. The molecule has 2 aliphatic rings. The average Bonchev–Trinajstić information content (AvgIpc) is 3.15. The van der Waals surface area contributed by atoms with Gasteiger partial charge in [0, 0.05) is 30.6 Å². The molecule has 0 radical (unpaired) electrons. The second kappa shape index (κ2) is 13.5. The topological polar surface area (TPSA) is 127 Å². The highest BCUT2D eigenvalue weighted by Crippen LogP contribution is 2.52. The summed E-state index contributed by atoms with van der Waals surface area (Å²) >= 11 is 1.33. The zero-order valence-electron chi connectivity index (χ0n) is 24.2. The van der Waals surface area contributed by atoms with Crippen molar-refractivity contribution in [2.24, 2.45) is 5.73 Å². The molecular formula is C28H43N5O5S. The van der Waals surface area contributed by atoms with Crippen LogP contribution in [0.25, 0.3) is 0 Å². The summed E-state index contributed by atoms with van der Waals surface area (Å²) in [5, 5.41) is 9.13. The van der Waals surface area contributed by atoms with Crippen molar-refractivity contribution in [3.63, 3.8) is 0 Å². The largest absolute Gasteiger partial charge is 0.480 e. The van der Waals surface area contributed by atoms with E-state index in [1.54, 1.807) is 65.2 Å². The number of carboxylic acid groups (broad SMARTS) is 1. The van der Waals surface area contributed by atoms with E-state index in [4.69, 9.17) is 5.73 Å². The summed E-state index contributed by atoms with van der Waals surface area (Å²) in [5.41, 5.74) is 7.10. The van der Waals surface area contributed by atoms with Gasteiger partial charge in [0.05, 0.1) is 0 Å². The molecule has 0 aliphatic carbocycles. The first-order valence-corrected chi connectivity index (χ1v) is 14.1. The third-order valence-electron chi connectivity index (χ3n) is 7.08. The van der Waals surface area contributed by atoms with Gasteiger partial charge < -0.3 is 25.5 Å². The van der Waals surface area contributed by atoms with Crippen LogP contribution in [0.4, 0.5) is 0 Å². The first kappa shape index (κ1) is 32.3. The molecule has 11 heteroatoms. The van der Waals surface area contributed by atoms with E-state index in [2.05, 4.69) is 25.7 Å². The molecule has 0 aromatic heterocycles. The van der Waals surface area contributed by atoms with Gasteiger partial charge in [-0.15, -0.1) is 11.8 Å². The third kappa shape index (κ3) is 7.01. The summed E-state index contributed by atoms with van der Waals surface area (Å²) in [7, 11) is 3.16. The van der Waals surface area contributed by atoms with Crippen molar-refractivity contribution < 1.29 is 24.3 Å². The Balaban J connectivity index is 0.000000673. The number of aliphatic carboxylic acids is 1. The highest BCUT2D eigenvalue weighted by atomic mass is 32.2. The monoisotopic (exact) mass is 561 g/mol. The van der Waals surface area contributed by atoms with Crippen LogP contribution in [0, 0.1) is 0 Å². The molecular weight excluding hydrogens is 518 g/mol. The third-order valence-corrected chi connectivity index (χ3v) is 8.64. The lowest BCUT2D eigenvalue weighted by Gasteiger charge is -2.48. The quantitative estimate of drug-likeness (QED) is 0.348. The van der Waals surface area contributed by atoms with Crippen LogP contribution in [0.5, 0.6) is 0 Å². The predicted molar refractivity (Wildman–Crippen MR) is 154 cm³/mol. The van der Waals surface area contributed by atoms with Gasteiger partial charge in [0.1, 0.15) is 23.5 Å². The summed E-state index contributed by atoms with van der Waals surface area (Å²) in [6.45, 7) is 15.2. The summed E-state index contributed by atoms with van der Waals surface area (Å²) in [6.07, 6.45) is 1.28. The van der Waals surface area contributed by atoms with E-state index in [9.17, 15) is 24.3 Å². The van der Waals surface area contributed by atoms with Gasteiger partial charge in [-0.05, 0) is 46.0 Å². The van der Waals surface area contributed by atoms with Crippen LogP contribution >= 0.6 is 11.8 Å². The number of thioether (sulfide) groups is 1. The number of carbonyl (C=O) groups is 4. The number of hydrogen-bond donors (Lipinski definition) is 2. The molecule has 2 saturated heterocycles. The van der Waals surface area contributed by atoms with Crippen molar-refractivity contribution in [1.29, 1.82) is 0 Å². The van der Waals surface area contributed by atoms with Crippen molar-refractivity contribution in [1.82, 2.24) is 19.6 Å². The molecule has 0 bridgehead atoms. The zero-order chi connectivity index (χ0) is 29.7. The number of nitrogens with two attached hydrogens (primary N) is 1. The van der Waals surface area contributed by atoms with Crippen LogP contribution in [-0.2, 0) is 19.2 Å². The van der Waals surface area contributed by atoms with E-state index in [1.165, 1.54) is 52.2 Å². The number of carboxylic acids is 1. The van der Waals surface area contributed by atoms with Gasteiger partial charge in [-0.25, -0.2) is 4.79 Å². The number of fused-ring (bicyclic) bond motifs is 1. The second-order valence-corrected chi connectivity index (χ2v) is 12.0. The highest BCUT2D eigenvalue weighted by molar-refractivity contribution is 8.01. The molecule has 1 unspecified atom stereocenters. The Hall–Kier alpha value is -2.89. The molecule has 3 N–H and O–H groups in total. The Kier molecular flexibility index (Phi) is 11.1. The Morgan fingerprint density at radius 1 is 1.10 bits per heavy atom. The molecule has 2 heterocycles. The lowest BCUT2D eigenvalue weighted by Crippen LogP contribution is -2.71. The predicted octanol–water partition coefficient (Wildman–Crippen LogP) is 2.37. The standard InChI is InChI=1S/C22H28N4O5S.C6H15N/c1-12(11-14(27)24(4)5)25(18(28)15(23)13-9-7-6-8-10-13)16-19(29)26-17(21(30)31)22(2,3)32-20(16)26;1-4-7(5-2)6-3/h6-11,15-17,20H,23H2,1-5H3,(H,30,31);4-6H2,1-3H3/t15?,16-,17+,20-;/m1./s1. The number of hydrogen-bond acceptors (Lipinski definition) is 7. The highest BCUT2D eigenvalue weighted by Gasteiger charge is 2.66. The van der Waals surface area contributed by atoms with Crippen LogP contribution in [0.2, 0.25) is 0 Å². The average molecular weight is 562 g/mol. The van der Waals surface area contributed by atoms with Crippen molar-refractivity contribution in [3.8, 4) is 0 Å². The number of nitrogens with zero attached hydrogens (tertiary/aromatic N) is 4. The van der Waals surface area contributed by atoms with E-state index < -0.39 is 46.0 Å². The molecule has 10 nitrogen and oxygen atoms in total. The van der Waals surface area contributed by atoms with Gasteiger partial charge in [-0.3, -0.25) is 19.3 Å². The normalized spacial score (nSPS) is 22.3. The van der Waals surface area contributed by atoms with Gasteiger partial charge in [0.25, 0.3) is 5.91 Å². The smallest absolute Gasteiger partial charge is 0.327 e. The molecule has 0 saturated carbocycles. The molecule has 4 atom stereocenters. The van der Waals surface area contributed by atoms with Crippen molar-refractivity contribution in [3.05, 3.63) is 47.7 Å². The maximum Gasteiger partial charge on any atom is 0.327 e. The van der Waals surface area contributed by atoms with Crippen LogP contribution < -0.4 is 5.73 Å². The Bertz CT molecular complexity index is 1070. The fourth-order valence-corrected chi connectivity index (χ4v) is 6.43. The number of β-lactam (4-membered cyclic amide) rings is 1. The van der Waals surface area contributed by atoms with Gasteiger partial charge >= 0.3 is 5.97 Å². The van der Waals surface area contributed by atoms with E-state index in [-0.39, 0.29) is 11.6 Å². The van der Waals surface area contributed by atoms with Crippen LogP contribution in [0.1, 0.15) is 53.1 Å². The summed E-state index contributed by atoms with van der Waals surface area (Å²) in [5.74, 6) is -2.45. The number of carbonyl (C=O) groups excluding carboxylic acids is 3. The second-order valence-electron chi connectivity index (χ2n) is 10.3. The number of benzene rings is 1. The minimum Gasteiger partial charge on any atom is -0.480 e. The van der Waals surface area contributed by atoms with Crippen molar-refractivity contribution >= 4 is 35.5 Å². The van der Waals surface area contributed by atoms with E-state index in [0.717, 1.165) is 0 Å². The van der Waals surface area contributed by atoms with Crippen molar-refractivity contribution in [2.45, 2.75) is 69.8 Å². The summed E-state index contributed by atoms with van der Waals surface area (Å²) in [4.78, 5) is 57.1.